The molecule has 0 aliphatic rings. The summed E-state index contributed by atoms with van der Waals surface area (Å²) in [5, 5.41) is 2.11. The molecule has 1 unspecified atom stereocenters. The molecule has 33 heavy (non-hydrogen) atoms. The fourth-order valence-electron chi connectivity index (χ4n) is 3.52. The van der Waals surface area contributed by atoms with Gasteiger partial charge in [-0.3, -0.25) is 14.2 Å². The number of amides is 1. The van der Waals surface area contributed by atoms with E-state index in [0.717, 1.165) is 21.6 Å². The number of thiazole rings is 1. The van der Waals surface area contributed by atoms with E-state index in [1.807, 2.05) is 55.5 Å². The van der Waals surface area contributed by atoms with E-state index in [2.05, 4.69) is 13.8 Å². The minimum absolute atomic E-state index is 0.0235. The van der Waals surface area contributed by atoms with E-state index in [9.17, 15) is 9.59 Å². The van der Waals surface area contributed by atoms with Crippen LogP contribution in [0.25, 0.3) is 21.1 Å². The molecule has 0 saturated heterocycles. The van der Waals surface area contributed by atoms with Crippen LogP contribution in [0.2, 0.25) is 0 Å². The van der Waals surface area contributed by atoms with Crippen molar-refractivity contribution in [2.24, 2.45) is 5.92 Å². The number of benzene rings is 2. The summed E-state index contributed by atoms with van der Waals surface area (Å²) in [5.74, 6) is 0.645. The highest BCUT2D eigenvalue weighted by Crippen LogP contribution is 2.29. The van der Waals surface area contributed by atoms with Crippen molar-refractivity contribution in [3.05, 3.63) is 63.9 Å². The molecular weight excluding hydrogens is 452 g/mol. The Morgan fingerprint density at radius 2 is 1.76 bits per heavy atom. The summed E-state index contributed by atoms with van der Waals surface area (Å²) in [4.78, 5) is 37.3. The average molecular weight is 481 g/mol. The van der Waals surface area contributed by atoms with Crippen molar-refractivity contribution in [3.8, 4) is 0 Å². The predicted molar refractivity (Wildman–Crippen MR) is 137 cm³/mol. The predicted octanol–water partition coefficient (Wildman–Crippen LogP) is 5.36. The van der Waals surface area contributed by atoms with Gasteiger partial charge in [0.25, 0.3) is 5.56 Å². The second-order valence-corrected chi connectivity index (χ2v) is 10.5. The zero-order valence-electron chi connectivity index (χ0n) is 19.3. The Morgan fingerprint density at radius 1 is 1.06 bits per heavy atom. The summed E-state index contributed by atoms with van der Waals surface area (Å²) < 4.78 is 2.83. The lowest BCUT2D eigenvalue weighted by Gasteiger charge is -2.23. The molecule has 0 N–H and O–H groups in total. The lowest BCUT2D eigenvalue weighted by molar-refractivity contribution is -0.128. The van der Waals surface area contributed by atoms with Gasteiger partial charge in [-0.05, 0) is 43.5 Å². The molecule has 0 fully saturated rings. The van der Waals surface area contributed by atoms with Gasteiger partial charge in [-0.15, -0.1) is 11.3 Å². The maximum Gasteiger partial charge on any atom is 0.262 e. The SMILES string of the molecule is CC(C)CCn1c(SCC(=O)N(C)C(C)c2nc3ccccc3s2)nc2ccccc2c1=O. The summed E-state index contributed by atoms with van der Waals surface area (Å²) in [6, 6.07) is 15.2. The number of rotatable bonds is 8. The Labute approximate surface area is 201 Å². The fourth-order valence-corrected chi connectivity index (χ4v) is 5.53. The molecule has 8 heteroatoms. The zero-order valence-corrected chi connectivity index (χ0v) is 20.9. The lowest BCUT2D eigenvalue weighted by atomic mass is 10.1. The first-order valence-corrected chi connectivity index (χ1v) is 12.9. The molecule has 0 aliphatic carbocycles. The first-order valence-electron chi connectivity index (χ1n) is 11.1. The van der Waals surface area contributed by atoms with Crippen LogP contribution in [0.5, 0.6) is 0 Å². The summed E-state index contributed by atoms with van der Waals surface area (Å²) in [5.41, 5.74) is 1.57. The van der Waals surface area contributed by atoms with Crippen LogP contribution < -0.4 is 5.56 Å². The monoisotopic (exact) mass is 480 g/mol. The van der Waals surface area contributed by atoms with Gasteiger partial charge in [-0.1, -0.05) is 49.9 Å². The molecule has 0 aliphatic heterocycles. The van der Waals surface area contributed by atoms with E-state index >= 15 is 0 Å². The van der Waals surface area contributed by atoms with Gasteiger partial charge in [-0.2, -0.15) is 0 Å². The highest BCUT2D eigenvalue weighted by atomic mass is 32.2. The largest absolute Gasteiger partial charge is 0.336 e. The second kappa shape index (κ2) is 10.1. The van der Waals surface area contributed by atoms with Gasteiger partial charge in [0.05, 0.1) is 32.9 Å². The molecule has 2 aromatic heterocycles. The molecule has 172 valence electrons. The molecule has 6 nitrogen and oxygen atoms in total. The van der Waals surface area contributed by atoms with Crippen molar-refractivity contribution in [1.82, 2.24) is 19.4 Å². The van der Waals surface area contributed by atoms with Crippen LogP contribution in [0.3, 0.4) is 0 Å². The molecule has 1 atom stereocenters. The van der Waals surface area contributed by atoms with Gasteiger partial charge in [0.1, 0.15) is 5.01 Å². The van der Waals surface area contributed by atoms with E-state index in [0.29, 0.717) is 28.5 Å². The van der Waals surface area contributed by atoms with Gasteiger partial charge in [0, 0.05) is 13.6 Å². The number of carbonyl (C=O) groups is 1. The topological polar surface area (TPSA) is 68.1 Å². The number of para-hydroxylation sites is 2. The molecule has 2 heterocycles. The molecule has 2 aromatic carbocycles. The van der Waals surface area contributed by atoms with Crippen LogP contribution in [0.15, 0.2) is 58.5 Å². The summed E-state index contributed by atoms with van der Waals surface area (Å²) in [6.07, 6.45) is 0.871. The average Bonchev–Trinajstić information content (AvgIpc) is 3.25. The van der Waals surface area contributed by atoms with Crippen molar-refractivity contribution in [2.75, 3.05) is 12.8 Å². The van der Waals surface area contributed by atoms with Crippen LogP contribution in [0, 0.1) is 5.92 Å². The van der Waals surface area contributed by atoms with Crippen LogP contribution in [-0.4, -0.2) is 38.1 Å². The summed E-state index contributed by atoms with van der Waals surface area (Å²) in [7, 11) is 1.80. The van der Waals surface area contributed by atoms with E-state index < -0.39 is 0 Å². The van der Waals surface area contributed by atoms with Crippen molar-refractivity contribution >= 4 is 50.1 Å². The second-order valence-electron chi connectivity index (χ2n) is 8.54. The molecule has 4 aromatic rings. The Kier molecular flexibility index (Phi) is 7.14. The highest BCUT2D eigenvalue weighted by Gasteiger charge is 2.22. The number of hydrogen-bond acceptors (Lipinski definition) is 6. The fraction of sp³-hybridized carbons (Fsp3) is 0.360. The maximum atomic E-state index is 13.1. The summed E-state index contributed by atoms with van der Waals surface area (Å²) in [6.45, 7) is 6.85. The Bertz CT molecular complexity index is 1310. The van der Waals surface area contributed by atoms with Crippen molar-refractivity contribution in [3.63, 3.8) is 0 Å². The van der Waals surface area contributed by atoms with Gasteiger partial charge in [0.2, 0.25) is 5.91 Å². The Balaban J connectivity index is 1.53. The number of carbonyl (C=O) groups excluding carboxylic acids is 1. The third kappa shape index (κ3) is 5.12. The maximum absolute atomic E-state index is 13.1. The van der Waals surface area contributed by atoms with E-state index in [4.69, 9.17) is 9.97 Å². The lowest BCUT2D eigenvalue weighted by Crippen LogP contribution is -2.31. The van der Waals surface area contributed by atoms with Gasteiger partial charge in [0.15, 0.2) is 5.16 Å². The van der Waals surface area contributed by atoms with E-state index in [-0.39, 0.29) is 23.3 Å². The molecule has 0 spiro atoms. The van der Waals surface area contributed by atoms with E-state index in [1.54, 1.807) is 27.9 Å². The zero-order chi connectivity index (χ0) is 23.5. The van der Waals surface area contributed by atoms with Crippen LogP contribution in [-0.2, 0) is 11.3 Å². The minimum atomic E-state index is -0.136. The standard InChI is InChI=1S/C25H28N4O2S2/c1-16(2)13-14-29-24(31)18-9-5-6-10-19(18)27-25(29)32-15-22(30)28(4)17(3)23-26-20-11-7-8-12-21(20)33-23/h5-12,16-17H,13-15H2,1-4H3. The normalized spacial score (nSPS) is 12.5. The molecule has 4 rings (SSSR count). The van der Waals surface area contributed by atoms with Crippen molar-refractivity contribution < 1.29 is 4.79 Å². The minimum Gasteiger partial charge on any atom is -0.336 e. The third-order valence-electron chi connectivity index (χ3n) is 5.72. The number of aromatic nitrogens is 3. The first kappa shape index (κ1) is 23.4. The van der Waals surface area contributed by atoms with Crippen LogP contribution in [0.1, 0.15) is 38.2 Å². The van der Waals surface area contributed by atoms with Crippen molar-refractivity contribution in [1.29, 1.82) is 0 Å². The highest BCUT2D eigenvalue weighted by molar-refractivity contribution is 7.99. The van der Waals surface area contributed by atoms with Gasteiger partial charge >= 0.3 is 0 Å². The van der Waals surface area contributed by atoms with Crippen LogP contribution >= 0.6 is 23.1 Å². The number of fused-ring (bicyclic) bond motifs is 2. The molecule has 0 bridgehead atoms. The summed E-state index contributed by atoms with van der Waals surface area (Å²) >= 11 is 2.94. The number of nitrogens with zero attached hydrogens (tertiary/aromatic N) is 4. The Morgan fingerprint density at radius 3 is 2.48 bits per heavy atom. The number of thioether (sulfide) groups is 1. The Hall–Kier alpha value is -2.71. The molecular formula is C25H28N4O2S2. The van der Waals surface area contributed by atoms with Gasteiger partial charge < -0.3 is 4.90 Å². The quantitative estimate of drug-likeness (QED) is 0.251. The molecule has 0 saturated carbocycles. The molecule has 1 amide bonds. The van der Waals surface area contributed by atoms with Gasteiger partial charge in [-0.25, -0.2) is 9.97 Å². The smallest absolute Gasteiger partial charge is 0.262 e. The first-order chi connectivity index (χ1) is 15.8. The van der Waals surface area contributed by atoms with E-state index in [1.165, 1.54) is 11.8 Å². The van der Waals surface area contributed by atoms with Crippen LogP contribution in [0.4, 0.5) is 0 Å². The number of hydrogen-bond donors (Lipinski definition) is 0. The van der Waals surface area contributed by atoms with Crippen molar-refractivity contribution in [2.45, 2.75) is 44.9 Å². The molecule has 0 radical (unpaired) electrons. The third-order valence-corrected chi connectivity index (χ3v) is 7.89.